The Bertz CT molecular complexity index is 666. The van der Waals surface area contributed by atoms with Crippen molar-refractivity contribution in [2.75, 3.05) is 0 Å². The van der Waals surface area contributed by atoms with Crippen LogP contribution >= 0.6 is 11.8 Å². The summed E-state index contributed by atoms with van der Waals surface area (Å²) < 4.78 is 0. The van der Waals surface area contributed by atoms with Crippen molar-refractivity contribution in [1.82, 2.24) is 4.90 Å². The maximum absolute atomic E-state index is 4.99. The summed E-state index contributed by atoms with van der Waals surface area (Å²) in [5.74, 6) is 0.893. The van der Waals surface area contributed by atoms with Crippen LogP contribution in [0.4, 0.5) is 0 Å². The highest BCUT2D eigenvalue weighted by Crippen LogP contribution is 2.45. The SMILES string of the molecule is CC.CCC.CCC1(C)C=NC2=C(N=C1)N1C=CC(C)(C(C)(C)C)N=C1S2. The molecule has 4 nitrogen and oxygen atoms in total. The average Bonchev–Trinajstić information content (AvgIpc) is 2.87. The molecule has 0 bridgehead atoms. The first-order valence-electron chi connectivity index (χ1n) is 10.2. The molecule has 0 saturated heterocycles. The number of nitrogens with zero attached hydrogens (tertiary/aromatic N) is 4. The second-order valence-corrected chi connectivity index (χ2v) is 9.25. The van der Waals surface area contributed by atoms with E-state index in [2.05, 4.69) is 77.6 Å². The Kier molecular flexibility index (Phi) is 8.09. The maximum Gasteiger partial charge on any atom is 0.176 e. The predicted octanol–water partition coefficient (Wildman–Crippen LogP) is 6.86. The van der Waals surface area contributed by atoms with E-state index in [1.807, 2.05) is 26.3 Å². The smallest absolute Gasteiger partial charge is 0.176 e. The van der Waals surface area contributed by atoms with Crippen LogP contribution in [0.15, 0.2) is 38.1 Å². The van der Waals surface area contributed by atoms with Gasteiger partial charge >= 0.3 is 0 Å². The van der Waals surface area contributed by atoms with E-state index < -0.39 is 0 Å². The average molecular weight is 391 g/mol. The van der Waals surface area contributed by atoms with Gasteiger partial charge in [0.1, 0.15) is 5.03 Å². The summed E-state index contributed by atoms with van der Waals surface area (Å²) >= 11 is 1.61. The normalized spacial score (nSPS) is 28.4. The monoisotopic (exact) mass is 390 g/mol. The molecule has 0 saturated carbocycles. The van der Waals surface area contributed by atoms with Gasteiger partial charge in [0, 0.05) is 24.0 Å². The van der Waals surface area contributed by atoms with Crippen molar-refractivity contribution in [3.63, 3.8) is 0 Å². The summed E-state index contributed by atoms with van der Waals surface area (Å²) in [6, 6.07) is 0. The van der Waals surface area contributed by atoms with E-state index in [9.17, 15) is 0 Å². The van der Waals surface area contributed by atoms with Crippen LogP contribution in [0.1, 0.15) is 82.1 Å². The van der Waals surface area contributed by atoms with Crippen molar-refractivity contribution in [3.8, 4) is 0 Å². The Morgan fingerprint density at radius 3 is 2.11 bits per heavy atom. The Morgan fingerprint density at radius 1 is 1.04 bits per heavy atom. The van der Waals surface area contributed by atoms with Gasteiger partial charge in [-0.3, -0.25) is 9.89 Å². The summed E-state index contributed by atoms with van der Waals surface area (Å²) in [4.78, 5) is 16.4. The fraction of sp³-hybridized carbons (Fsp3) is 0.682. The zero-order valence-corrected chi connectivity index (χ0v) is 19.7. The van der Waals surface area contributed by atoms with Gasteiger partial charge in [-0.25, -0.2) is 9.98 Å². The molecule has 0 fully saturated rings. The Labute approximate surface area is 171 Å². The highest BCUT2D eigenvalue weighted by molar-refractivity contribution is 8.17. The van der Waals surface area contributed by atoms with Crippen LogP contribution in [0.3, 0.4) is 0 Å². The van der Waals surface area contributed by atoms with Gasteiger partial charge in [-0.1, -0.05) is 61.8 Å². The van der Waals surface area contributed by atoms with Crippen LogP contribution in [-0.2, 0) is 0 Å². The largest absolute Gasteiger partial charge is 0.278 e. The van der Waals surface area contributed by atoms with Crippen LogP contribution in [0, 0.1) is 10.8 Å². The van der Waals surface area contributed by atoms with Crippen molar-refractivity contribution in [2.45, 2.75) is 87.6 Å². The highest BCUT2D eigenvalue weighted by atomic mass is 32.2. The third-order valence-corrected chi connectivity index (χ3v) is 5.88. The third-order valence-electron chi connectivity index (χ3n) is 4.93. The lowest BCUT2D eigenvalue weighted by atomic mass is 9.75. The van der Waals surface area contributed by atoms with Gasteiger partial charge in [-0.2, -0.15) is 0 Å². The van der Waals surface area contributed by atoms with E-state index in [4.69, 9.17) is 9.98 Å². The molecule has 5 heteroatoms. The molecule has 2 unspecified atom stereocenters. The molecule has 3 aliphatic rings. The van der Waals surface area contributed by atoms with Crippen molar-refractivity contribution in [1.29, 1.82) is 0 Å². The van der Waals surface area contributed by atoms with Crippen LogP contribution in [0.5, 0.6) is 0 Å². The van der Waals surface area contributed by atoms with Crippen LogP contribution in [0.25, 0.3) is 0 Å². The Hall–Kier alpha value is -1.36. The number of amidine groups is 1. The molecular formula is C22H38N4S. The number of thioether (sulfide) groups is 1. The molecule has 2 atom stereocenters. The highest BCUT2D eigenvalue weighted by Gasteiger charge is 2.41. The lowest BCUT2D eigenvalue weighted by Crippen LogP contribution is -2.41. The molecule has 0 aliphatic carbocycles. The molecular weight excluding hydrogens is 352 g/mol. The number of rotatable bonds is 1. The summed E-state index contributed by atoms with van der Waals surface area (Å²) in [6.07, 6.45) is 10.5. The molecule has 152 valence electrons. The van der Waals surface area contributed by atoms with Crippen molar-refractivity contribution in [3.05, 3.63) is 23.1 Å². The molecule has 27 heavy (non-hydrogen) atoms. The van der Waals surface area contributed by atoms with Crippen molar-refractivity contribution >= 4 is 29.4 Å². The van der Waals surface area contributed by atoms with E-state index in [0.717, 1.165) is 22.4 Å². The number of hydrogen-bond donors (Lipinski definition) is 0. The summed E-state index contributed by atoms with van der Waals surface area (Å²) in [5, 5.41) is 1.91. The lowest BCUT2D eigenvalue weighted by Gasteiger charge is -2.39. The quantitative estimate of drug-likeness (QED) is 0.490. The van der Waals surface area contributed by atoms with Gasteiger partial charge in [0.25, 0.3) is 0 Å². The van der Waals surface area contributed by atoms with Gasteiger partial charge in [-0.15, -0.1) is 0 Å². The lowest BCUT2D eigenvalue weighted by molar-refractivity contribution is 0.258. The second-order valence-electron chi connectivity index (χ2n) is 8.29. The maximum atomic E-state index is 4.99. The summed E-state index contributed by atoms with van der Waals surface area (Å²) in [5.41, 5.74) is -0.208. The van der Waals surface area contributed by atoms with E-state index in [1.54, 1.807) is 11.8 Å². The fourth-order valence-electron chi connectivity index (χ4n) is 2.29. The molecule has 3 rings (SSSR count). The van der Waals surface area contributed by atoms with Crippen LogP contribution < -0.4 is 0 Å². The minimum Gasteiger partial charge on any atom is -0.278 e. The number of fused-ring (bicyclic) bond motifs is 2. The van der Waals surface area contributed by atoms with Crippen LogP contribution in [0.2, 0.25) is 0 Å². The topological polar surface area (TPSA) is 40.3 Å². The van der Waals surface area contributed by atoms with Gasteiger partial charge in [0.2, 0.25) is 0 Å². The second kappa shape index (κ2) is 9.22. The van der Waals surface area contributed by atoms with Gasteiger partial charge < -0.3 is 0 Å². The molecule has 3 aliphatic heterocycles. The van der Waals surface area contributed by atoms with Gasteiger partial charge in [0.05, 0.1) is 5.54 Å². The third kappa shape index (κ3) is 5.13. The van der Waals surface area contributed by atoms with E-state index in [0.29, 0.717) is 0 Å². The van der Waals surface area contributed by atoms with E-state index >= 15 is 0 Å². The van der Waals surface area contributed by atoms with Crippen molar-refractivity contribution < 1.29 is 0 Å². The van der Waals surface area contributed by atoms with E-state index in [1.165, 1.54) is 6.42 Å². The Balaban J connectivity index is 0.000000665. The fourth-order valence-corrected chi connectivity index (χ4v) is 3.29. The van der Waals surface area contributed by atoms with Crippen molar-refractivity contribution in [2.24, 2.45) is 25.8 Å². The number of hydrogen-bond acceptors (Lipinski definition) is 5. The molecule has 0 amide bonds. The van der Waals surface area contributed by atoms with Gasteiger partial charge in [0.15, 0.2) is 11.0 Å². The minimum absolute atomic E-state index is 0.0659. The van der Waals surface area contributed by atoms with E-state index in [-0.39, 0.29) is 16.4 Å². The molecule has 0 aromatic carbocycles. The predicted molar refractivity (Wildman–Crippen MR) is 124 cm³/mol. The molecule has 0 aromatic rings. The molecule has 0 radical (unpaired) electrons. The zero-order chi connectivity index (χ0) is 20.9. The first kappa shape index (κ1) is 23.7. The summed E-state index contributed by atoms with van der Waals surface area (Å²) in [6.45, 7) is 21.4. The standard InChI is InChI=1S/C17H24N4S.C3H8.C2H6/c1-7-16(5)10-18-12-13(19-11-16)22-14-20-17(6,15(2,3)4)8-9-21(12)14;1-3-2;1-2/h8-11H,7H2,1-6H3;3H2,1-2H3;1-2H3. The first-order chi connectivity index (χ1) is 12.6. The molecule has 0 N–H and O–H groups in total. The molecule has 0 spiro atoms. The minimum atomic E-state index is -0.206. The van der Waals surface area contributed by atoms with Gasteiger partial charge in [-0.05, 0) is 43.5 Å². The zero-order valence-electron chi connectivity index (χ0n) is 18.9. The molecule has 0 aromatic heterocycles. The summed E-state index contributed by atoms with van der Waals surface area (Å²) in [7, 11) is 0. The first-order valence-corrected chi connectivity index (χ1v) is 11.0. The van der Waals surface area contributed by atoms with Crippen LogP contribution in [-0.4, -0.2) is 28.0 Å². The molecule has 3 heterocycles. The Morgan fingerprint density at radius 2 is 1.59 bits per heavy atom. The number of aliphatic imine (C=N–C) groups is 3.